The van der Waals surface area contributed by atoms with Crippen LogP contribution in [-0.2, 0) is 4.74 Å². The molecule has 4 N–H and O–H groups in total. The third-order valence-corrected chi connectivity index (χ3v) is 7.62. The summed E-state index contributed by atoms with van der Waals surface area (Å²) in [6.07, 6.45) is 1.79. The van der Waals surface area contributed by atoms with Crippen molar-refractivity contribution in [3.05, 3.63) is 53.8 Å². The normalized spacial score (nSPS) is 20.3. The number of nitrogens with one attached hydrogen (secondary N) is 3. The number of ether oxygens (including phenoxy) is 2. The second kappa shape index (κ2) is 17.0. The first kappa shape index (κ1) is 35.6. The highest BCUT2D eigenvalue weighted by molar-refractivity contribution is 6.02. The summed E-state index contributed by atoms with van der Waals surface area (Å²) in [6.45, 7) is 10.2. The maximum atomic E-state index is 14.2. The Morgan fingerprint density at radius 3 is 2.40 bits per heavy atom. The van der Waals surface area contributed by atoms with Crippen molar-refractivity contribution in [2.24, 2.45) is 5.92 Å². The highest BCUT2D eigenvalue weighted by atomic mass is 19.1. The second-order valence-corrected chi connectivity index (χ2v) is 12.1. The van der Waals surface area contributed by atoms with E-state index in [1.165, 1.54) is 24.3 Å². The molecule has 0 bridgehead atoms. The lowest BCUT2D eigenvalue weighted by Gasteiger charge is -2.36. The molecule has 0 fully saturated rings. The molecule has 0 unspecified atom stereocenters. The Hall–Kier alpha value is -3.90. The average molecular weight is 630 g/mol. The molecule has 0 aliphatic carbocycles. The Balaban J connectivity index is 1.91. The van der Waals surface area contributed by atoms with E-state index in [2.05, 4.69) is 16.0 Å². The summed E-state index contributed by atoms with van der Waals surface area (Å²) in [6, 6.07) is 8.89. The van der Waals surface area contributed by atoms with E-state index in [1.54, 1.807) is 42.0 Å². The molecular weight excluding hydrogens is 581 g/mol. The first-order valence-electron chi connectivity index (χ1n) is 15.6. The zero-order valence-electron chi connectivity index (χ0n) is 27.1. The number of aliphatic hydroxyl groups is 1. The Kier molecular flexibility index (Phi) is 13.4. The van der Waals surface area contributed by atoms with Gasteiger partial charge in [-0.2, -0.15) is 0 Å². The van der Waals surface area contributed by atoms with Crippen LogP contribution in [0.1, 0.15) is 64.2 Å². The number of hydrogen-bond acceptors (Lipinski definition) is 6. The fourth-order valence-corrected chi connectivity index (χ4v) is 5.00. The summed E-state index contributed by atoms with van der Waals surface area (Å²) in [5.74, 6) is -0.631. The van der Waals surface area contributed by atoms with Crippen LogP contribution in [0.3, 0.4) is 0 Å². The summed E-state index contributed by atoms with van der Waals surface area (Å²) in [5.41, 5.74) is 0.987. The molecular formula is C33H48FN5O6. The fraction of sp³-hybridized carbons (Fsp3) is 0.545. The van der Waals surface area contributed by atoms with Gasteiger partial charge in [-0.25, -0.2) is 14.0 Å². The van der Waals surface area contributed by atoms with Crippen molar-refractivity contribution >= 4 is 29.3 Å². The number of carbonyl (C=O) groups excluding carboxylic acids is 3. The molecule has 0 spiro atoms. The van der Waals surface area contributed by atoms with E-state index >= 15 is 0 Å². The van der Waals surface area contributed by atoms with Crippen molar-refractivity contribution in [1.82, 2.24) is 15.1 Å². The van der Waals surface area contributed by atoms with Crippen LogP contribution in [0, 0.1) is 11.7 Å². The first-order chi connectivity index (χ1) is 21.4. The Morgan fingerprint density at radius 1 is 1.07 bits per heavy atom. The van der Waals surface area contributed by atoms with Crippen molar-refractivity contribution in [3.8, 4) is 5.75 Å². The minimum absolute atomic E-state index is 0.0153. The highest BCUT2D eigenvalue weighted by Crippen LogP contribution is 2.28. The lowest BCUT2D eigenvalue weighted by atomic mass is 10.0. The minimum atomic E-state index is -0.566. The highest BCUT2D eigenvalue weighted by Gasteiger charge is 2.31. The molecule has 45 heavy (non-hydrogen) atoms. The molecule has 11 nitrogen and oxygen atoms in total. The number of nitrogens with zero attached hydrogens (tertiary/aromatic N) is 2. The molecule has 2 aromatic rings. The van der Waals surface area contributed by atoms with Gasteiger partial charge in [-0.3, -0.25) is 4.79 Å². The van der Waals surface area contributed by atoms with Crippen molar-refractivity contribution in [3.63, 3.8) is 0 Å². The third kappa shape index (κ3) is 10.9. The van der Waals surface area contributed by atoms with Crippen LogP contribution in [0.2, 0.25) is 0 Å². The number of likely N-dealkylation sites (N-methyl/N-ethyl adjacent to an activating group) is 1. The quantitative estimate of drug-likeness (QED) is 0.328. The standard InChI is InChI=1S/C33H48FN5O6/c1-21(2)35-33(43)38(6)19-30-22(3)18-39(23(4)20-40)31(41)28-17-27(37-32(42)36-26-12-10-25(34)11-13-26)14-15-29(28)45-24(5)9-7-8-16-44-30/h10-15,17,21-24,30,40H,7-9,16,18-20H2,1-6H3,(H,35,43)(H2,36,37,42)/t22-,23+,24+,30-/m0/s1. The molecule has 0 radical (unpaired) electrons. The summed E-state index contributed by atoms with van der Waals surface area (Å²) in [7, 11) is 1.72. The second-order valence-electron chi connectivity index (χ2n) is 12.1. The van der Waals surface area contributed by atoms with Gasteiger partial charge in [-0.15, -0.1) is 0 Å². The molecule has 12 heteroatoms. The van der Waals surface area contributed by atoms with Gasteiger partial charge < -0.3 is 40.3 Å². The van der Waals surface area contributed by atoms with Crippen molar-refractivity contribution in [1.29, 1.82) is 0 Å². The summed E-state index contributed by atoms with van der Waals surface area (Å²) in [5, 5.41) is 18.4. The van der Waals surface area contributed by atoms with Gasteiger partial charge in [0.15, 0.2) is 0 Å². The van der Waals surface area contributed by atoms with Crippen molar-refractivity contribution in [2.45, 2.75) is 78.2 Å². The number of amides is 5. The van der Waals surface area contributed by atoms with Gasteiger partial charge in [0.25, 0.3) is 5.91 Å². The molecule has 3 rings (SSSR count). The maximum absolute atomic E-state index is 14.2. The molecule has 4 atom stereocenters. The number of hydrogen-bond donors (Lipinski definition) is 4. The number of fused-ring (bicyclic) bond motifs is 1. The third-order valence-electron chi connectivity index (χ3n) is 7.62. The van der Waals surface area contributed by atoms with Gasteiger partial charge in [0.2, 0.25) is 0 Å². The van der Waals surface area contributed by atoms with Gasteiger partial charge >= 0.3 is 12.1 Å². The Bertz CT molecular complexity index is 1280. The zero-order valence-corrected chi connectivity index (χ0v) is 27.1. The van der Waals surface area contributed by atoms with Gasteiger partial charge in [-0.1, -0.05) is 6.92 Å². The first-order valence-corrected chi connectivity index (χ1v) is 15.6. The number of urea groups is 2. The van der Waals surface area contributed by atoms with Crippen LogP contribution in [0.15, 0.2) is 42.5 Å². The van der Waals surface area contributed by atoms with Crippen molar-refractivity contribution in [2.75, 3.05) is 44.0 Å². The lowest BCUT2D eigenvalue weighted by molar-refractivity contribution is -0.0122. The number of anilines is 2. The van der Waals surface area contributed by atoms with E-state index in [4.69, 9.17) is 9.47 Å². The van der Waals surface area contributed by atoms with Gasteiger partial charge in [-0.05, 0) is 89.4 Å². The Morgan fingerprint density at radius 2 is 1.73 bits per heavy atom. The largest absolute Gasteiger partial charge is 0.490 e. The smallest absolute Gasteiger partial charge is 0.323 e. The van der Waals surface area contributed by atoms with Crippen LogP contribution in [0.25, 0.3) is 0 Å². The molecule has 2 aromatic carbocycles. The molecule has 1 aliphatic heterocycles. The Labute approximate surface area is 265 Å². The SMILES string of the molecule is CC(C)NC(=O)N(C)C[C@@H]1OCCCC[C@@H](C)Oc2ccc(NC(=O)Nc3ccc(F)cc3)cc2C(=O)N([C@H](C)CO)C[C@@H]1C. The molecule has 0 saturated carbocycles. The molecule has 248 valence electrons. The predicted octanol–water partition coefficient (Wildman–Crippen LogP) is 5.32. The number of halogens is 1. The van der Waals surface area contributed by atoms with Crippen LogP contribution < -0.4 is 20.7 Å². The van der Waals surface area contributed by atoms with E-state index < -0.39 is 17.9 Å². The summed E-state index contributed by atoms with van der Waals surface area (Å²) in [4.78, 5) is 42.8. The number of carbonyl (C=O) groups is 3. The molecule has 5 amide bonds. The maximum Gasteiger partial charge on any atom is 0.323 e. The number of benzene rings is 2. The van der Waals surface area contributed by atoms with E-state index in [0.717, 1.165) is 19.3 Å². The summed E-state index contributed by atoms with van der Waals surface area (Å²) >= 11 is 0. The number of aliphatic hydroxyl groups excluding tert-OH is 1. The van der Waals surface area contributed by atoms with Crippen LogP contribution in [0.4, 0.5) is 25.4 Å². The van der Waals surface area contributed by atoms with Gasteiger partial charge in [0.05, 0.1) is 30.4 Å². The minimum Gasteiger partial charge on any atom is -0.490 e. The van der Waals surface area contributed by atoms with Gasteiger partial charge in [0, 0.05) is 50.1 Å². The fourth-order valence-electron chi connectivity index (χ4n) is 5.00. The van der Waals surface area contributed by atoms with Crippen molar-refractivity contribution < 1.29 is 33.4 Å². The van der Waals surface area contributed by atoms with E-state index in [9.17, 15) is 23.9 Å². The van der Waals surface area contributed by atoms with E-state index in [0.29, 0.717) is 30.3 Å². The molecule has 0 saturated heterocycles. The average Bonchev–Trinajstić information content (AvgIpc) is 2.99. The predicted molar refractivity (Wildman–Crippen MR) is 172 cm³/mol. The van der Waals surface area contributed by atoms with Crippen LogP contribution in [-0.4, -0.2) is 90.5 Å². The molecule has 1 aliphatic rings. The zero-order chi connectivity index (χ0) is 33.1. The monoisotopic (exact) mass is 629 g/mol. The number of rotatable bonds is 7. The lowest BCUT2D eigenvalue weighted by Crippen LogP contribution is -2.49. The van der Waals surface area contributed by atoms with E-state index in [-0.39, 0.29) is 54.8 Å². The van der Waals surface area contributed by atoms with Gasteiger partial charge in [0.1, 0.15) is 11.6 Å². The topological polar surface area (TPSA) is 132 Å². The molecule has 0 aromatic heterocycles. The van der Waals surface area contributed by atoms with E-state index in [1.807, 2.05) is 27.7 Å². The van der Waals surface area contributed by atoms with Crippen LogP contribution in [0.5, 0.6) is 5.75 Å². The molecule has 1 heterocycles. The van der Waals surface area contributed by atoms with Crippen LogP contribution >= 0.6 is 0 Å². The summed E-state index contributed by atoms with van der Waals surface area (Å²) < 4.78 is 25.8.